The zero-order valence-corrected chi connectivity index (χ0v) is 20.6. The first-order valence-electron chi connectivity index (χ1n) is 12.0. The topological polar surface area (TPSA) is 107 Å². The van der Waals surface area contributed by atoms with Gasteiger partial charge in [-0.25, -0.2) is 0 Å². The number of carboxylic acids is 1. The Morgan fingerprint density at radius 3 is 1.92 bits per heavy atom. The van der Waals surface area contributed by atoms with Crippen molar-refractivity contribution in [1.82, 2.24) is 0 Å². The number of ether oxygens (including phenoxy) is 2. The van der Waals surface area contributed by atoms with Crippen LogP contribution >= 0.6 is 0 Å². The Morgan fingerprint density at radius 1 is 1.03 bits per heavy atom. The van der Waals surface area contributed by atoms with Gasteiger partial charge in [-0.2, -0.15) is 0 Å². The van der Waals surface area contributed by atoms with E-state index in [0.717, 1.165) is 5.92 Å². The van der Waals surface area contributed by atoms with Crippen LogP contribution in [0.25, 0.3) is 0 Å². The Bertz CT molecular complexity index is 722. The van der Waals surface area contributed by atoms with Gasteiger partial charge in [0.15, 0.2) is 0 Å². The Kier molecular flexibility index (Phi) is 16.5. The minimum atomic E-state index is -0.849. The maximum atomic E-state index is 11.8. The number of carbonyl (C=O) groups is 4. The normalized spacial score (nSPS) is 29.5. The van der Waals surface area contributed by atoms with Gasteiger partial charge in [0.2, 0.25) is 0 Å². The lowest BCUT2D eigenvalue weighted by molar-refractivity contribution is -0.160. The third-order valence-electron chi connectivity index (χ3n) is 7.50. The molecule has 7 heteroatoms. The molecule has 0 spiro atoms. The van der Waals surface area contributed by atoms with Crippen LogP contribution in [0.2, 0.25) is 0 Å². The quantitative estimate of drug-likeness (QED) is 0.299. The average molecular weight is 517 g/mol. The summed E-state index contributed by atoms with van der Waals surface area (Å²) in [4.78, 5) is 45.6. The molecule has 8 unspecified atom stereocenters. The number of carboxylic acid groups (broad SMARTS) is 1. The first-order valence-corrected chi connectivity index (χ1v) is 12.0. The highest BCUT2D eigenvalue weighted by molar-refractivity contribution is 5.96. The molecule has 7 nitrogen and oxygen atoms in total. The van der Waals surface area contributed by atoms with Crippen molar-refractivity contribution in [2.24, 2.45) is 47.3 Å². The molecule has 2 bridgehead atoms. The molecule has 3 rings (SSSR count). The van der Waals surface area contributed by atoms with E-state index in [2.05, 4.69) is 6.92 Å². The van der Waals surface area contributed by atoms with E-state index in [9.17, 15) is 19.2 Å². The molecule has 8 atom stereocenters. The summed E-state index contributed by atoms with van der Waals surface area (Å²) in [5.74, 6) is -0.550. The second kappa shape index (κ2) is 15.4. The minimum absolute atomic E-state index is 0. The Morgan fingerprint density at radius 2 is 1.56 bits per heavy atom. The molecule has 1 N–H and O–H groups in total. The second-order valence-corrected chi connectivity index (χ2v) is 10.9. The zero-order valence-electron chi connectivity index (χ0n) is 20.6. The average Bonchev–Trinajstić information content (AvgIpc) is 3.33. The van der Waals surface area contributed by atoms with E-state index in [1.807, 2.05) is 6.92 Å². The van der Waals surface area contributed by atoms with Crippen LogP contribution in [0.15, 0.2) is 0 Å². The Labute approximate surface area is 221 Å². The number of hydrogen-bond acceptors (Lipinski definition) is 6. The largest absolute Gasteiger partial charge is 0.481 e. The van der Waals surface area contributed by atoms with E-state index in [4.69, 9.17) is 14.6 Å². The lowest BCUT2D eigenvalue weighted by Gasteiger charge is -2.32. The number of rotatable bonds is 6. The van der Waals surface area contributed by atoms with Gasteiger partial charge >= 0.3 is 23.9 Å². The van der Waals surface area contributed by atoms with Gasteiger partial charge in [0.05, 0.1) is 23.7 Å². The number of fused-ring (bicyclic) bond motifs is 2. The van der Waals surface area contributed by atoms with Crippen molar-refractivity contribution < 1.29 is 33.8 Å². The molecule has 2 aliphatic carbocycles. The summed E-state index contributed by atoms with van der Waals surface area (Å²) < 4.78 is 9.97. The van der Waals surface area contributed by atoms with Crippen molar-refractivity contribution >= 4 is 23.9 Å². The van der Waals surface area contributed by atoms with Gasteiger partial charge in [-0.15, -0.1) is 0 Å². The summed E-state index contributed by atoms with van der Waals surface area (Å²) in [6, 6.07) is 0. The number of aliphatic carboxylic acids is 1. The summed E-state index contributed by atoms with van der Waals surface area (Å²) in [7, 11) is 0. The summed E-state index contributed by atoms with van der Waals surface area (Å²) in [6.07, 6.45) is 4.68. The van der Waals surface area contributed by atoms with Crippen molar-refractivity contribution in [3.63, 3.8) is 0 Å². The van der Waals surface area contributed by atoms with E-state index in [1.54, 1.807) is 34.6 Å². The molecule has 0 radical (unpaired) electrons. The highest BCUT2D eigenvalue weighted by Crippen LogP contribution is 2.56. The van der Waals surface area contributed by atoms with Gasteiger partial charge in [-0.05, 0) is 76.5 Å². The minimum Gasteiger partial charge on any atom is -0.481 e. The fourth-order valence-electron chi connectivity index (χ4n) is 5.71. The van der Waals surface area contributed by atoms with Crippen LogP contribution in [0.3, 0.4) is 0 Å². The molecular weight excluding hydrogens is 460 g/mol. The van der Waals surface area contributed by atoms with Crippen LogP contribution in [0, 0.1) is 47.3 Å². The van der Waals surface area contributed by atoms with Crippen LogP contribution in [-0.4, -0.2) is 34.6 Å². The van der Waals surface area contributed by atoms with Gasteiger partial charge in [0, 0.05) is 0 Å². The van der Waals surface area contributed by atoms with Crippen molar-refractivity contribution in [2.75, 3.05) is 0 Å². The van der Waals surface area contributed by atoms with Gasteiger partial charge < -0.3 is 14.6 Å². The van der Waals surface area contributed by atoms with Crippen LogP contribution in [0.5, 0.6) is 0 Å². The van der Waals surface area contributed by atoms with Crippen LogP contribution in [0.1, 0.15) is 110 Å². The van der Waals surface area contributed by atoms with E-state index in [1.165, 1.54) is 19.3 Å². The molecule has 3 aliphatic rings. The molecule has 0 aromatic rings. The summed E-state index contributed by atoms with van der Waals surface area (Å²) >= 11 is 0. The molecule has 36 heavy (non-hydrogen) atoms. The fourth-order valence-corrected chi connectivity index (χ4v) is 5.71. The number of esters is 3. The third-order valence-corrected chi connectivity index (χ3v) is 7.50. The number of cyclic esters (lactones) is 2. The second-order valence-electron chi connectivity index (χ2n) is 10.9. The van der Waals surface area contributed by atoms with Crippen LogP contribution < -0.4 is 0 Å². The van der Waals surface area contributed by atoms with Crippen LogP contribution in [0.4, 0.5) is 0 Å². The fraction of sp³-hybridized carbons (Fsp3) is 0.862. The van der Waals surface area contributed by atoms with Gasteiger partial charge in [0.1, 0.15) is 5.60 Å². The van der Waals surface area contributed by atoms with E-state index in [-0.39, 0.29) is 65.4 Å². The molecule has 0 aromatic heterocycles. The monoisotopic (exact) mass is 516 g/mol. The van der Waals surface area contributed by atoms with Gasteiger partial charge in [-0.3, -0.25) is 19.2 Å². The lowest BCUT2D eigenvalue weighted by Crippen LogP contribution is -2.33. The molecule has 0 amide bonds. The molecule has 2 saturated carbocycles. The third kappa shape index (κ3) is 9.19. The molecule has 1 heterocycles. The molecule has 0 aromatic carbocycles. The van der Waals surface area contributed by atoms with E-state index in [0.29, 0.717) is 30.6 Å². The maximum Gasteiger partial charge on any atom is 0.317 e. The van der Waals surface area contributed by atoms with Crippen LogP contribution in [-0.2, 0) is 28.7 Å². The number of carbonyl (C=O) groups excluding carboxylic acids is 3. The SMILES string of the molecule is C.C.C.C.CC1C(=O)OC(=O)C1C1C2CCC(C2)C1C.CCC(CC(C)C(=O)OC(C)(C)C)C(=O)O. The van der Waals surface area contributed by atoms with Crippen molar-refractivity contribution in [3.05, 3.63) is 0 Å². The van der Waals surface area contributed by atoms with Gasteiger partial charge in [-0.1, -0.05) is 57.4 Å². The summed E-state index contributed by atoms with van der Waals surface area (Å²) in [5.41, 5.74) is -0.518. The molecule has 1 saturated heterocycles. The molecule has 214 valence electrons. The predicted molar refractivity (Wildman–Crippen MR) is 145 cm³/mol. The van der Waals surface area contributed by atoms with E-state index < -0.39 is 17.5 Å². The van der Waals surface area contributed by atoms with Crippen molar-refractivity contribution in [1.29, 1.82) is 0 Å². The molecular formula is C29H56O7. The van der Waals surface area contributed by atoms with Crippen molar-refractivity contribution in [2.45, 2.75) is 116 Å². The maximum absolute atomic E-state index is 11.8. The molecule has 1 aliphatic heterocycles. The first-order chi connectivity index (χ1) is 14.8. The van der Waals surface area contributed by atoms with Crippen molar-refractivity contribution in [3.8, 4) is 0 Å². The lowest BCUT2D eigenvalue weighted by atomic mass is 9.70. The number of hydrogen-bond donors (Lipinski definition) is 1. The summed E-state index contributed by atoms with van der Waals surface area (Å²) in [6.45, 7) is 13.0. The smallest absolute Gasteiger partial charge is 0.317 e. The highest BCUT2D eigenvalue weighted by Gasteiger charge is 2.55. The Balaban J connectivity index is -0.000000544. The van der Waals surface area contributed by atoms with E-state index >= 15 is 0 Å². The zero-order chi connectivity index (χ0) is 24.4. The predicted octanol–water partition coefficient (Wildman–Crippen LogP) is 7.01. The first kappa shape index (κ1) is 38.6. The molecule has 3 fully saturated rings. The standard InChI is InChI=1S/C13H18O3.C12H22O4.4CH4/c1-6-8-3-4-9(5-8)10(6)11-7(2)12(14)16-13(11)15;1-6-9(10(13)14)7-8(2)11(15)16-12(3,4)5;;;;/h6-11H,3-5H2,1-2H3;8-9H,6-7H2,1-5H3,(H,13,14);4*1H4. The van der Waals surface area contributed by atoms with Gasteiger partial charge in [0.25, 0.3) is 0 Å². The highest BCUT2D eigenvalue weighted by atomic mass is 16.6. The Hall–Kier alpha value is -1.92. The summed E-state index contributed by atoms with van der Waals surface area (Å²) in [5, 5.41) is 8.88.